The molecule has 0 saturated heterocycles. The predicted molar refractivity (Wildman–Crippen MR) is 86.4 cm³/mol. The fourth-order valence-corrected chi connectivity index (χ4v) is 2.66. The van der Waals surface area contributed by atoms with Crippen molar-refractivity contribution in [3.8, 4) is 11.5 Å². The van der Waals surface area contributed by atoms with Gasteiger partial charge in [-0.25, -0.2) is 0 Å². The molecule has 2 rings (SSSR count). The molecule has 0 amide bonds. The molecule has 0 radical (unpaired) electrons. The summed E-state index contributed by atoms with van der Waals surface area (Å²) in [6.45, 7) is 0. The lowest BCUT2D eigenvalue weighted by Crippen LogP contribution is -1.96. The summed E-state index contributed by atoms with van der Waals surface area (Å²) in [6.07, 6.45) is 0. The van der Waals surface area contributed by atoms with E-state index in [-0.39, 0.29) is 5.38 Å². The minimum Gasteiger partial charge on any atom is -0.493 e. The topological polar surface area (TPSA) is 18.5 Å². The average molecular weight is 376 g/mol. The fraction of sp³-hybridized carbons (Fsp3) is 0.200. The minimum absolute atomic E-state index is 0.289. The van der Waals surface area contributed by atoms with Crippen molar-refractivity contribution < 1.29 is 9.47 Å². The largest absolute Gasteiger partial charge is 0.493 e. The number of halogens is 3. The quantitative estimate of drug-likeness (QED) is 0.661. The van der Waals surface area contributed by atoms with E-state index in [4.69, 9.17) is 32.7 Å². The highest BCUT2D eigenvalue weighted by atomic mass is 79.9. The van der Waals surface area contributed by atoms with Crippen LogP contribution >= 0.6 is 39.1 Å². The van der Waals surface area contributed by atoms with E-state index in [0.717, 1.165) is 15.6 Å². The molecule has 0 aliphatic rings. The molecule has 0 aliphatic heterocycles. The first-order valence-electron chi connectivity index (χ1n) is 5.87. The van der Waals surface area contributed by atoms with Crippen LogP contribution in [0.2, 0.25) is 5.02 Å². The van der Waals surface area contributed by atoms with Gasteiger partial charge in [-0.05, 0) is 51.3 Å². The summed E-state index contributed by atoms with van der Waals surface area (Å²) < 4.78 is 11.3. The maximum atomic E-state index is 6.52. The van der Waals surface area contributed by atoms with E-state index in [1.807, 2.05) is 36.4 Å². The third kappa shape index (κ3) is 3.22. The number of benzene rings is 2. The zero-order valence-corrected chi connectivity index (χ0v) is 14.1. The first-order valence-corrected chi connectivity index (χ1v) is 7.48. The van der Waals surface area contributed by atoms with Crippen LogP contribution in [0.15, 0.2) is 40.9 Å². The van der Waals surface area contributed by atoms with Gasteiger partial charge in [0.2, 0.25) is 0 Å². The van der Waals surface area contributed by atoms with Crippen LogP contribution in [0.5, 0.6) is 11.5 Å². The Balaban J connectivity index is 2.37. The molecule has 0 spiro atoms. The summed E-state index contributed by atoms with van der Waals surface area (Å²) in [5.74, 6) is 1.33. The summed E-state index contributed by atoms with van der Waals surface area (Å²) in [6, 6.07) is 11.3. The Morgan fingerprint density at radius 1 is 0.950 bits per heavy atom. The summed E-state index contributed by atoms with van der Waals surface area (Å²) in [7, 11) is 3.20. The van der Waals surface area contributed by atoms with Crippen molar-refractivity contribution in [2.24, 2.45) is 0 Å². The van der Waals surface area contributed by atoms with Gasteiger partial charge in [-0.15, -0.1) is 11.6 Å². The highest BCUT2D eigenvalue weighted by molar-refractivity contribution is 9.10. The van der Waals surface area contributed by atoms with Crippen molar-refractivity contribution in [2.45, 2.75) is 5.38 Å². The van der Waals surface area contributed by atoms with Crippen LogP contribution in [0, 0.1) is 0 Å². The first-order chi connectivity index (χ1) is 9.56. The summed E-state index contributed by atoms with van der Waals surface area (Å²) in [4.78, 5) is 0. The number of alkyl halides is 1. The Kier molecular flexibility index (Phi) is 5.19. The Morgan fingerprint density at radius 3 is 2.15 bits per heavy atom. The first kappa shape index (κ1) is 15.5. The minimum atomic E-state index is -0.289. The molecule has 0 heterocycles. The Labute approximate surface area is 136 Å². The SMILES string of the molecule is COc1ccc(C(Cl)c2ccc(Cl)c(Br)c2)cc1OC. The second kappa shape index (κ2) is 6.70. The molecule has 0 aromatic heterocycles. The van der Waals surface area contributed by atoms with Crippen molar-refractivity contribution in [3.63, 3.8) is 0 Å². The number of ether oxygens (including phenoxy) is 2. The Bertz CT molecular complexity index is 617. The molecule has 20 heavy (non-hydrogen) atoms. The molecule has 0 N–H and O–H groups in total. The normalized spacial score (nSPS) is 12.1. The van der Waals surface area contributed by atoms with Crippen molar-refractivity contribution in [1.82, 2.24) is 0 Å². The summed E-state index contributed by atoms with van der Waals surface area (Å²) in [5, 5.41) is 0.369. The lowest BCUT2D eigenvalue weighted by atomic mass is 10.0. The lowest BCUT2D eigenvalue weighted by Gasteiger charge is -2.14. The molecule has 2 aromatic carbocycles. The van der Waals surface area contributed by atoms with E-state index < -0.39 is 0 Å². The molecule has 1 atom stereocenters. The zero-order chi connectivity index (χ0) is 14.7. The highest BCUT2D eigenvalue weighted by Gasteiger charge is 2.15. The van der Waals surface area contributed by atoms with Gasteiger partial charge in [0.25, 0.3) is 0 Å². The molecule has 2 nitrogen and oxygen atoms in total. The Morgan fingerprint density at radius 2 is 1.55 bits per heavy atom. The molecule has 0 fully saturated rings. The van der Waals surface area contributed by atoms with Crippen molar-refractivity contribution >= 4 is 39.1 Å². The molecular formula is C15H13BrCl2O2. The smallest absolute Gasteiger partial charge is 0.161 e. The standard InChI is InChI=1S/C15H13BrCl2O2/c1-19-13-6-4-10(8-14(13)20-2)15(18)9-3-5-12(17)11(16)7-9/h3-8,15H,1-2H3. The monoisotopic (exact) mass is 374 g/mol. The van der Waals surface area contributed by atoms with Gasteiger partial charge in [0.15, 0.2) is 11.5 Å². The van der Waals surface area contributed by atoms with Gasteiger partial charge < -0.3 is 9.47 Å². The van der Waals surface area contributed by atoms with Crippen LogP contribution in [0.1, 0.15) is 16.5 Å². The molecule has 5 heteroatoms. The zero-order valence-electron chi connectivity index (χ0n) is 11.0. The fourth-order valence-electron chi connectivity index (χ4n) is 1.87. The number of rotatable bonds is 4. The molecule has 0 bridgehead atoms. The van der Waals surface area contributed by atoms with Crippen LogP contribution in [-0.4, -0.2) is 14.2 Å². The predicted octanol–water partition coefficient (Wildman–Crippen LogP) is 5.45. The number of hydrogen-bond acceptors (Lipinski definition) is 2. The lowest BCUT2D eigenvalue weighted by molar-refractivity contribution is 0.354. The van der Waals surface area contributed by atoms with Crippen LogP contribution in [0.25, 0.3) is 0 Å². The number of hydrogen-bond donors (Lipinski definition) is 0. The van der Waals surface area contributed by atoms with Gasteiger partial charge in [0.1, 0.15) is 0 Å². The molecule has 0 aliphatic carbocycles. The van der Waals surface area contributed by atoms with E-state index in [1.165, 1.54) is 0 Å². The van der Waals surface area contributed by atoms with Crippen LogP contribution in [0.3, 0.4) is 0 Å². The maximum Gasteiger partial charge on any atom is 0.161 e. The van der Waals surface area contributed by atoms with Gasteiger partial charge in [-0.3, -0.25) is 0 Å². The maximum absolute atomic E-state index is 6.52. The van der Waals surface area contributed by atoms with Crippen molar-refractivity contribution in [2.75, 3.05) is 14.2 Å². The van der Waals surface area contributed by atoms with Gasteiger partial charge in [0.05, 0.1) is 24.6 Å². The Hall–Kier alpha value is -0.900. The van der Waals surface area contributed by atoms with Crippen LogP contribution in [0.4, 0.5) is 0 Å². The van der Waals surface area contributed by atoms with E-state index >= 15 is 0 Å². The number of methoxy groups -OCH3 is 2. The van der Waals surface area contributed by atoms with Gasteiger partial charge in [-0.1, -0.05) is 23.7 Å². The molecular weight excluding hydrogens is 363 g/mol. The van der Waals surface area contributed by atoms with Crippen molar-refractivity contribution in [1.29, 1.82) is 0 Å². The second-order valence-corrected chi connectivity index (χ2v) is 5.85. The van der Waals surface area contributed by atoms with Gasteiger partial charge in [0, 0.05) is 4.47 Å². The molecule has 0 saturated carbocycles. The van der Waals surface area contributed by atoms with E-state index in [1.54, 1.807) is 14.2 Å². The van der Waals surface area contributed by atoms with Gasteiger partial charge >= 0.3 is 0 Å². The van der Waals surface area contributed by atoms with Crippen LogP contribution < -0.4 is 9.47 Å². The average Bonchev–Trinajstić information content (AvgIpc) is 2.48. The van der Waals surface area contributed by atoms with E-state index in [2.05, 4.69) is 15.9 Å². The van der Waals surface area contributed by atoms with Crippen LogP contribution in [-0.2, 0) is 0 Å². The molecule has 1 unspecified atom stereocenters. The highest BCUT2D eigenvalue weighted by Crippen LogP contribution is 2.37. The third-order valence-corrected chi connectivity index (χ3v) is 4.65. The van der Waals surface area contributed by atoms with E-state index in [0.29, 0.717) is 16.5 Å². The second-order valence-electron chi connectivity index (χ2n) is 4.15. The van der Waals surface area contributed by atoms with E-state index in [9.17, 15) is 0 Å². The molecule has 2 aromatic rings. The third-order valence-electron chi connectivity index (χ3n) is 2.94. The molecule has 106 valence electrons. The summed E-state index contributed by atoms with van der Waals surface area (Å²) >= 11 is 15.9. The summed E-state index contributed by atoms with van der Waals surface area (Å²) in [5.41, 5.74) is 1.88. The van der Waals surface area contributed by atoms with Gasteiger partial charge in [-0.2, -0.15) is 0 Å². The van der Waals surface area contributed by atoms with Crippen molar-refractivity contribution in [3.05, 3.63) is 57.0 Å².